The number of aromatic nitrogens is 5. The molecule has 0 amide bonds. The van der Waals surface area contributed by atoms with E-state index in [9.17, 15) is 0 Å². The molecule has 0 saturated carbocycles. The molecule has 1 N–H and O–H groups in total. The van der Waals surface area contributed by atoms with Crippen LogP contribution in [0.3, 0.4) is 0 Å². The topological polar surface area (TPSA) is 80.5 Å². The van der Waals surface area contributed by atoms with Gasteiger partial charge in [0.2, 0.25) is 11.7 Å². The molecule has 0 aliphatic carbocycles. The quantitative estimate of drug-likeness (QED) is 0.628. The summed E-state index contributed by atoms with van der Waals surface area (Å²) in [5, 5.41) is 9.91. The smallest absolute Gasteiger partial charge is 0.239 e. The Bertz CT molecular complexity index is 337. The van der Waals surface area contributed by atoms with Gasteiger partial charge in [-0.15, -0.1) is 0 Å². The van der Waals surface area contributed by atoms with Crippen LogP contribution in [0.4, 0.5) is 0 Å². The van der Waals surface area contributed by atoms with Gasteiger partial charge in [-0.3, -0.25) is 5.10 Å². The van der Waals surface area contributed by atoms with Crippen molar-refractivity contribution in [3.8, 4) is 11.6 Å². The number of hydrogen-bond acceptors (Lipinski definition) is 5. The van der Waals surface area contributed by atoms with Gasteiger partial charge < -0.3 is 4.52 Å². The standard InChI is InChI=1S/C5H5N5O/c1-3-8-5(10-11-3)4-6-2-7-9-4/h2H,1H3,(H,6,7,9). The Kier molecular flexibility index (Phi) is 1.18. The molecule has 0 spiro atoms. The molecule has 0 aliphatic heterocycles. The number of nitrogens with one attached hydrogen (secondary N) is 1. The molecule has 6 heteroatoms. The van der Waals surface area contributed by atoms with Crippen LogP contribution in [0.2, 0.25) is 0 Å². The first-order valence-corrected chi connectivity index (χ1v) is 3.02. The van der Waals surface area contributed by atoms with E-state index in [1.165, 1.54) is 6.33 Å². The van der Waals surface area contributed by atoms with Crippen LogP contribution in [0.1, 0.15) is 5.89 Å². The number of aryl methyl sites for hydroxylation is 1. The SMILES string of the molecule is Cc1nc(-c2ncn[nH]2)no1. The fraction of sp³-hybridized carbons (Fsp3) is 0.200. The summed E-state index contributed by atoms with van der Waals surface area (Å²) in [6.45, 7) is 1.72. The summed E-state index contributed by atoms with van der Waals surface area (Å²) in [7, 11) is 0. The molecule has 0 aromatic carbocycles. The maximum atomic E-state index is 4.74. The molecule has 0 fully saturated rings. The molecule has 2 aromatic rings. The molecule has 0 bridgehead atoms. The van der Waals surface area contributed by atoms with Crippen molar-refractivity contribution in [3.63, 3.8) is 0 Å². The summed E-state index contributed by atoms with van der Waals surface area (Å²) in [5.41, 5.74) is 0. The highest BCUT2D eigenvalue weighted by atomic mass is 16.5. The summed E-state index contributed by atoms with van der Waals surface area (Å²) in [4.78, 5) is 7.79. The van der Waals surface area contributed by atoms with E-state index in [-0.39, 0.29) is 0 Å². The number of nitrogens with zero attached hydrogens (tertiary/aromatic N) is 4. The zero-order chi connectivity index (χ0) is 7.68. The second-order valence-corrected chi connectivity index (χ2v) is 1.97. The van der Waals surface area contributed by atoms with Crippen molar-refractivity contribution in [2.45, 2.75) is 6.92 Å². The minimum atomic E-state index is 0.431. The Labute approximate surface area is 61.7 Å². The van der Waals surface area contributed by atoms with Gasteiger partial charge in [0.15, 0.2) is 5.82 Å². The largest absolute Gasteiger partial charge is 0.339 e. The molecule has 56 valence electrons. The second kappa shape index (κ2) is 2.15. The Morgan fingerprint density at radius 3 is 3.00 bits per heavy atom. The van der Waals surface area contributed by atoms with Gasteiger partial charge in [0, 0.05) is 6.92 Å². The van der Waals surface area contributed by atoms with Crippen molar-refractivity contribution >= 4 is 0 Å². The van der Waals surface area contributed by atoms with E-state index < -0.39 is 0 Å². The van der Waals surface area contributed by atoms with Crippen LogP contribution in [0, 0.1) is 6.92 Å². The summed E-state index contributed by atoms with van der Waals surface area (Å²) < 4.78 is 4.74. The van der Waals surface area contributed by atoms with Gasteiger partial charge in [-0.2, -0.15) is 10.1 Å². The second-order valence-electron chi connectivity index (χ2n) is 1.97. The van der Waals surface area contributed by atoms with Gasteiger partial charge in [-0.25, -0.2) is 4.98 Å². The van der Waals surface area contributed by atoms with Crippen LogP contribution in [-0.4, -0.2) is 25.3 Å². The maximum Gasteiger partial charge on any atom is 0.239 e. The molecule has 0 aliphatic rings. The molecule has 0 saturated heterocycles. The summed E-state index contributed by atoms with van der Waals surface area (Å²) >= 11 is 0. The Hall–Kier alpha value is -1.72. The lowest BCUT2D eigenvalue weighted by atomic mass is 10.6. The van der Waals surface area contributed by atoms with E-state index in [2.05, 4.69) is 25.3 Å². The van der Waals surface area contributed by atoms with E-state index in [1.807, 2.05) is 0 Å². The average Bonchev–Trinajstić information content (AvgIpc) is 2.55. The van der Waals surface area contributed by atoms with Crippen LogP contribution < -0.4 is 0 Å². The first-order chi connectivity index (χ1) is 5.36. The van der Waals surface area contributed by atoms with Crippen LogP contribution in [-0.2, 0) is 0 Å². The molecule has 2 heterocycles. The summed E-state index contributed by atoms with van der Waals surface area (Å²) in [6, 6.07) is 0. The lowest BCUT2D eigenvalue weighted by Gasteiger charge is -1.79. The molecule has 0 unspecified atom stereocenters. The van der Waals surface area contributed by atoms with Crippen molar-refractivity contribution in [2.24, 2.45) is 0 Å². The van der Waals surface area contributed by atoms with Gasteiger partial charge in [0.05, 0.1) is 0 Å². The third-order valence-corrected chi connectivity index (χ3v) is 1.15. The Morgan fingerprint density at radius 1 is 1.55 bits per heavy atom. The number of hydrogen-bond donors (Lipinski definition) is 1. The monoisotopic (exact) mass is 151 g/mol. The van der Waals surface area contributed by atoms with Gasteiger partial charge in [-0.1, -0.05) is 5.16 Å². The zero-order valence-electron chi connectivity index (χ0n) is 5.77. The number of rotatable bonds is 1. The first kappa shape index (κ1) is 6.02. The molecular formula is C5H5N5O. The van der Waals surface area contributed by atoms with Gasteiger partial charge in [0.1, 0.15) is 6.33 Å². The minimum absolute atomic E-state index is 0.431. The highest BCUT2D eigenvalue weighted by Gasteiger charge is 2.06. The number of H-pyrrole nitrogens is 1. The molecular weight excluding hydrogens is 146 g/mol. The van der Waals surface area contributed by atoms with E-state index in [0.717, 1.165) is 0 Å². The Balaban J connectivity index is 2.45. The molecule has 11 heavy (non-hydrogen) atoms. The van der Waals surface area contributed by atoms with Crippen molar-refractivity contribution in [1.29, 1.82) is 0 Å². The molecule has 2 rings (SSSR count). The average molecular weight is 151 g/mol. The predicted octanol–water partition coefficient (Wildman–Crippen LogP) is 0.163. The van der Waals surface area contributed by atoms with Gasteiger partial charge in [0.25, 0.3) is 0 Å². The third-order valence-electron chi connectivity index (χ3n) is 1.15. The van der Waals surface area contributed by atoms with E-state index >= 15 is 0 Å². The lowest BCUT2D eigenvalue weighted by molar-refractivity contribution is 0.394. The summed E-state index contributed by atoms with van der Waals surface area (Å²) in [5.74, 6) is 1.46. The predicted molar refractivity (Wildman–Crippen MR) is 34.4 cm³/mol. The van der Waals surface area contributed by atoms with E-state index in [0.29, 0.717) is 17.5 Å². The summed E-state index contributed by atoms with van der Waals surface area (Å²) in [6.07, 6.45) is 1.39. The normalized spacial score (nSPS) is 10.3. The Morgan fingerprint density at radius 2 is 2.45 bits per heavy atom. The fourth-order valence-corrected chi connectivity index (χ4v) is 0.709. The highest BCUT2D eigenvalue weighted by Crippen LogP contribution is 2.06. The van der Waals surface area contributed by atoms with Crippen molar-refractivity contribution in [2.75, 3.05) is 0 Å². The van der Waals surface area contributed by atoms with Crippen molar-refractivity contribution in [1.82, 2.24) is 25.3 Å². The fourth-order valence-electron chi connectivity index (χ4n) is 0.709. The van der Waals surface area contributed by atoms with Crippen LogP contribution in [0.5, 0.6) is 0 Å². The molecule has 0 atom stereocenters. The van der Waals surface area contributed by atoms with Crippen LogP contribution in [0.15, 0.2) is 10.9 Å². The third kappa shape index (κ3) is 0.977. The van der Waals surface area contributed by atoms with E-state index in [1.54, 1.807) is 6.92 Å². The van der Waals surface area contributed by atoms with Crippen molar-refractivity contribution in [3.05, 3.63) is 12.2 Å². The van der Waals surface area contributed by atoms with Gasteiger partial charge >= 0.3 is 0 Å². The van der Waals surface area contributed by atoms with Gasteiger partial charge in [-0.05, 0) is 0 Å². The molecule has 2 aromatic heterocycles. The lowest BCUT2D eigenvalue weighted by Crippen LogP contribution is -1.82. The van der Waals surface area contributed by atoms with Crippen LogP contribution in [0.25, 0.3) is 11.6 Å². The molecule has 0 radical (unpaired) electrons. The first-order valence-electron chi connectivity index (χ1n) is 3.02. The molecule has 6 nitrogen and oxygen atoms in total. The number of aromatic amines is 1. The minimum Gasteiger partial charge on any atom is -0.339 e. The maximum absolute atomic E-state index is 4.74. The van der Waals surface area contributed by atoms with Crippen molar-refractivity contribution < 1.29 is 4.52 Å². The van der Waals surface area contributed by atoms with E-state index in [4.69, 9.17) is 4.52 Å². The zero-order valence-corrected chi connectivity index (χ0v) is 5.77. The highest BCUT2D eigenvalue weighted by molar-refractivity contribution is 5.39. The van der Waals surface area contributed by atoms with Crippen LogP contribution >= 0.6 is 0 Å².